The van der Waals surface area contributed by atoms with Crippen LogP contribution in [0.3, 0.4) is 0 Å². The van der Waals surface area contributed by atoms with E-state index >= 15 is 0 Å². The van der Waals surface area contributed by atoms with Gasteiger partial charge in [0.25, 0.3) is 5.91 Å². The summed E-state index contributed by atoms with van der Waals surface area (Å²) in [5.74, 6) is 0.0453. The lowest BCUT2D eigenvalue weighted by atomic mass is 9.97. The fraction of sp³-hybridized carbons (Fsp3) is 0.400. The maximum atomic E-state index is 13.9. The van der Waals surface area contributed by atoms with Gasteiger partial charge < -0.3 is 30.7 Å². The molecule has 3 unspecified atom stereocenters. The number of hydrogen-bond acceptors (Lipinski definition) is 6. The fourth-order valence-corrected chi connectivity index (χ4v) is 6.40. The maximum absolute atomic E-state index is 13.9. The molecule has 4 N–H and O–H groups in total. The molecular formula is C35H44N4O5S. The highest BCUT2D eigenvalue weighted by Crippen LogP contribution is 2.40. The Hall–Kier alpha value is -4.02. The van der Waals surface area contributed by atoms with Crippen LogP contribution >= 0.6 is 11.8 Å². The van der Waals surface area contributed by atoms with E-state index in [1.54, 1.807) is 24.3 Å². The van der Waals surface area contributed by atoms with Gasteiger partial charge in [-0.3, -0.25) is 9.59 Å². The average Bonchev–Trinajstić information content (AvgIpc) is 3.35. The van der Waals surface area contributed by atoms with Crippen molar-refractivity contribution in [2.75, 3.05) is 17.8 Å². The zero-order valence-corrected chi connectivity index (χ0v) is 27.2. The lowest BCUT2D eigenvalue weighted by Gasteiger charge is -2.33. The van der Waals surface area contributed by atoms with Crippen LogP contribution in [-0.2, 0) is 22.6 Å². The monoisotopic (exact) mass is 632 g/mol. The molecule has 1 saturated heterocycles. The van der Waals surface area contributed by atoms with Crippen molar-refractivity contribution in [3.63, 3.8) is 0 Å². The number of nitrogens with one attached hydrogen (secondary N) is 3. The highest BCUT2D eigenvalue weighted by atomic mass is 32.2. The van der Waals surface area contributed by atoms with E-state index in [4.69, 9.17) is 4.74 Å². The molecule has 1 heterocycles. The van der Waals surface area contributed by atoms with Crippen molar-refractivity contribution in [2.45, 2.75) is 76.4 Å². The summed E-state index contributed by atoms with van der Waals surface area (Å²) in [6.07, 6.45) is 0.610. The molecule has 0 saturated carbocycles. The van der Waals surface area contributed by atoms with Crippen LogP contribution in [0.2, 0.25) is 0 Å². The SMILES string of the molecule is CCCCOc1ccc(NC(=O)NC(Cc2ccccc2)C(O)C(=O)N2CSC(C)(C)C2C(=O)NCc2ccccc2C)cc1. The molecule has 0 radical (unpaired) electrons. The molecule has 3 aromatic rings. The number of thioether (sulfide) groups is 1. The zero-order valence-electron chi connectivity index (χ0n) is 26.4. The molecule has 3 aromatic carbocycles. The minimum Gasteiger partial charge on any atom is -0.494 e. The third kappa shape index (κ3) is 9.25. The number of carbonyl (C=O) groups excluding carboxylic acids is 3. The van der Waals surface area contributed by atoms with Gasteiger partial charge in [0.15, 0.2) is 6.10 Å². The average molecular weight is 633 g/mol. The van der Waals surface area contributed by atoms with E-state index in [9.17, 15) is 19.5 Å². The number of carbonyl (C=O) groups is 3. The summed E-state index contributed by atoms with van der Waals surface area (Å²) in [5, 5.41) is 20.1. The number of ether oxygens (including phenoxy) is 1. The number of unbranched alkanes of at least 4 members (excludes halogenated alkanes) is 1. The van der Waals surface area contributed by atoms with Crippen LogP contribution in [0, 0.1) is 6.92 Å². The van der Waals surface area contributed by atoms with Crippen LogP contribution in [0.5, 0.6) is 5.75 Å². The number of amides is 4. The Balaban J connectivity index is 1.46. The second-order valence-corrected chi connectivity index (χ2v) is 13.4. The van der Waals surface area contributed by atoms with Crippen LogP contribution in [0.25, 0.3) is 0 Å². The molecule has 4 rings (SSSR count). The van der Waals surface area contributed by atoms with Gasteiger partial charge in [-0.05, 0) is 74.6 Å². The Bertz CT molecular complexity index is 1430. The lowest BCUT2D eigenvalue weighted by Crippen LogP contribution is -2.59. The molecule has 45 heavy (non-hydrogen) atoms. The Morgan fingerprint density at radius 2 is 1.71 bits per heavy atom. The molecule has 1 fully saturated rings. The number of aryl methyl sites for hydroxylation is 1. The van der Waals surface area contributed by atoms with Gasteiger partial charge in [-0.15, -0.1) is 11.8 Å². The van der Waals surface area contributed by atoms with Crippen LogP contribution in [0.15, 0.2) is 78.9 Å². The van der Waals surface area contributed by atoms with Gasteiger partial charge in [0.2, 0.25) is 5.91 Å². The number of aliphatic hydroxyl groups is 1. The van der Waals surface area contributed by atoms with E-state index in [0.29, 0.717) is 24.6 Å². The molecule has 10 heteroatoms. The standard InChI is InChI=1S/C35H44N4O5S/c1-5-6-20-44-28-18-16-27(17-19-28)37-34(43)38-29(21-25-13-8-7-9-14-25)30(40)33(42)39-23-45-35(3,4)31(39)32(41)36-22-26-15-11-10-12-24(26)2/h7-19,29-31,40H,5-6,20-23H2,1-4H3,(H,36,41)(H2,37,38,43). The summed E-state index contributed by atoms with van der Waals surface area (Å²) in [7, 11) is 0. The molecule has 1 aliphatic rings. The van der Waals surface area contributed by atoms with Crippen molar-refractivity contribution < 1.29 is 24.2 Å². The Kier molecular flexibility index (Phi) is 11.9. The van der Waals surface area contributed by atoms with Crippen LogP contribution in [-0.4, -0.2) is 63.3 Å². The normalized spacial score (nSPS) is 16.8. The zero-order chi connectivity index (χ0) is 32.4. The summed E-state index contributed by atoms with van der Waals surface area (Å²) >= 11 is 1.48. The van der Waals surface area contributed by atoms with Gasteiger partial charge in [0, 0.05) is 17.0 Å². The number of aliphatic hydroxyl groups excluding tert-OH is 1. The summed E-state index contributed by atoms with van der Waals surface area (Å²) in [4.78, 5) is 42.0. The molecule has 0 aliphatic carbocycles. The van der Waals surface area contributed by atoms with Crippen molar-refractivity contribution in [1.82, 2.24) is 15.5 Å². The number of rotatable bonds is 13. The highest BCUT2D eigenvalue weighted by molar-refractivity contribution is 8.00. The minimum absolute atomic E-state index is 0.208. The first kappa shape index (κ1) is 33.9. The maximum Gasteiger partial charge on any atom is 0.319 e. The molecule has 1 aliphatic heterocycles. The smallest absolute Gasteiger partial charge is 0.319 e. The number of nitrogens with zero attached hydrogens (tertiary/aromatic N) is 1. The summed E-state index contributed by atoms with van der Waals surface area (Å²) in [6.45, 7) is 8.87. The molecule has 240 valence electrons. The molecular weight excluding hydrogens is 588 g/mol. The first-order valence-electron chi connectivity index (χ1n) is 15.4. The minimum atomic E-state index is -1.59. The van der Waals surface area contributed by atoms with Gasteiger partial charge in [0.1, 0.15) is 11.8 Å². The van der Waals surface area contributed by atoms with Gasteiger partial charge in [-0.1, -0.05) is 67.9 Å². The molecule has 4 amide bonds. The third-order valence-corrected chi connectivity index (χ3v) is 9.29. The van der Waals surface area contributed by atoms with Gasteiger partial charge >= 0.3 is 6.03 Å². The number of anilines is 1. The van der Waals surface area contributed by atoms with Crippen molar-refractivity contribution in [3.8, 4) is 5.75 Å². The van der Waals surface area contributed by atoms with E-state index in [1.807, 2.05) is 75.4 Å². The number of hydrogen-bond donors (Lipinski definition) is 4. The van der Waals surface area contributed by atoms with Crippen LogP contribution in [0.4, 0.5) is 10.5 Å². The van der Waals surface area contributed by atoms with Crippen LogP contribution in [0.1, 0.15) is 50.3 Å². The second-order valence-electron chi connectivity index (χ2n) is 11.8. The summed E-state index contributed by atoms with van der Waals surface area (Å²) < 4.78 is 5.11. The topological polar surface area (TPSA) is 120 Å². The van der Waals surface area contributed by atoms with Crippen LogP contribution < -0.4 is 20.7 Å². The van der Waals surface area contributed by atoms with Gasteiger partial charge in [-0.2, -0.15) is 0 Å². The van der Waals surface area contributed by atoms with E-state index in [0.717, 1.165) is 29.5 Å². The molecule has 9 nitrogen and oxygen atoms in total. The first-order valence-corrected chi connectivity index (χ1v) is 16.4. The lowest BCUT2D eigenvalue weighted by molar-refractivity contribution is -0.147. The summed E-state index contributed by atoms with van der Waals surface area (Å²) in [6, 6.07) is 21.8. The van der Waals surface area contributed by atoms with E-state index < -0.39 is 34.9 Å². The predicted molar refractivity (Wildman–Crippen MR) is 179 cm³/mol. The largest absolute Gasteiger partial charge is 0.494 e. The molecule has 3 atom stereocenters. The quantitative estimate of drug-likeness (QED) is 0.191. The first-order chi connectivity index (χ1) is 21.6. The second kappa shape index (κ2) is 15.8. The van der Waals surface area contributed by atoms with Crippen molar-refractivity contribution in [2.24, 2.45) is 0 Å². The van der Waals surface area contributed by atoms with Crippen molar-refractivity contribution >= 4 is 35.3 Å². The van der Waals surface area contributed by atoms with E-state index in [-0.39, 0.29) is 18.2 Å². The van der Waals surface area contributed by atoms with Gasteiger partial charge in [0.05, 0.1) is 18.5 Å². The van der Waals surface area contributed by atoms with E-state index in [1.165, 1.54) is 16.7 Å². The molecule has 0 aromatic heterocycles. The van der Waals surface area contributed by atoms with Gasteiger partial charge in [-0.25, -0.2) is 4.79 Å². The number of urea groups is 1. The highest BCUT2D eigenvalue weighted by Gasteiger charge is 2.49. The Morgan fingerprint density at radius 3 is 2.40 bits per heavy atom. The Morgan fingerprint density at radius 1 is 1.02 bits per heavy atom. The van der Waals surface area contributed by atoms with Crippen molar-refractivity contribution in [1.29, 1.82) is 0 Å². The Labute approximate surface area is 270 Å². The third-order valence-electron chi connectivity index (χ3n) is 7.92. The molecule has 0 bridgehead atoms. The summed E-state index contributed by atoms with van der Waals surface area (Å²) in [5.41, 5.74) is 3.43. The number of benzene rings is 3. The fourth-order valence-electron chi connectivity index (χ4n) is 5.26. The predicted octanol–water partition coefficient (Wildman–Crippen LogP) is 5.26. The molecule has 0 spiro atoms. The van der Waals surface area contributed by atoms with E-state index in [2.05, 4.69) is 22.9 Å². The van der Waals surface area contributed by atoms with Crippen molar-refractivity contribution in [3.05, 3.63) is 95.6 Å².